The van der Waals surface area contributed by atoms with Crippen LogP contribution in [0.2, 0.25) is 0 Å². The summed E-state index contributed by atoms with van der Waals surface area (Å²) in [5, 5.41) is 55.5. The minimum atomic E-state index is -2.32. The van der Waals surface area contributed by atoms with Crippen LogP contribution in [0.1, 0.15) is 142 Å². The van der Waals surface area contributed by atoms with Gasteiger partial charge in [-0.05, 0) is 215 Å². The average Bonchev–Trinajstić information content (AvgIpc) is 0.773. The van der Waals surface area contributed by atoms with Gasteiger partial charge in [-0.3, -0.25) is 19.2 Å². The number of aliphatic hydroxyl groups excluding tert-OH is 4. The average molecular weight is 1980 g/mol. The van der Waals surface area contributed by atoms with Gasteiger partial charge in [-0.1, -0.05) is 182 Å². The molecular formula is C107H86F7IN16O8. The molecule has 24 nitrogen and oxygen atoms in total. The highest BCUT2D eigenvalue weighted by molar-refractivity contribution is 14.1. The van der Waals surface area contributed by atoms with E-state index >= 15 is 0 Å². The van der Waals surface area contributed by atoms with Gasteiger partial charge in [0.25, 0.3) is 5.91 Å². The first-order valence-corrected chi connectivity index (χ1v) is 45.2. The lowest BCUT2D eigenvalue weighted by molar-refractivity contribution is -0.116. The van der Waals surface area contributed by atoms with Gasteiger partial charge in [-0.2, -0.15) is 0 Å². The highest BCUT2D eigenvalue weighted by Gasteiger charge is 2.35. The minimum Gasteiger partial charge on any atom is -0.399 e. The number of aryl methyl sites for hydroxylation is 8. The van der Waals surface area contributed by atoms with Gasteiger partial charge in [0.1, 0.15) is 47.2 Å². The second kappa shape index (κ2) is 41.8. The third-order valence-electron chi connectivity index (χ3n) is 23.8. The topological polar surface area (TPSA) is 405 Å². The van der Waals surface area contributed by atoms with Crippen molar-refractivity contribution in [2.75, 3.05) is 44.2 Å². The molecule has 4 atom stereocenters. The summed E-state index contributed by atoms with van der Waals surface area (Å²) in [4.78, 5) is 89.1. The fourth-order valence-electron chi connectivity index (χ4n) is 16.9. The number of amides is 4. The minimum absolute atomic E-state index is 0.0645. The number of nitrogens with zero attached hydrogens (tertiary/aromatic N) is 8. The summed E-state index contributed by atoms with van der Waals surface area (Å²) < 4.78 is 96.9. The zero-order valence-electron chi connectivity index (χ0n) is 73.8. The number of benzene rings is 12. The molecule has 0 saturated heterocycles. The lowest BCUT2D eigenvalue weighted by Crippen LogP contribution is -2.22. The molecule has 0 spiro atoms. The number of carbonyl (C=O) groups is 4. The Balaban J connectivity index is 0.000000128. The Hall–Kier alpha value is -15.9. The lowest BCUT2D eigenvalue weighted by Gasteiger charge is -2.23. The number of carbonyl (C=O) groups excluding carboxylic acids is 4. The van der Waals surface area contributed by atoms with Gasteiger partial charge in [0.15, 0.2) is 58.2 Å². The second-order valence-corrected chi connectivity index (χ2v) is 34.6. The molecule has 4 aromatic heterocycles. The largest absolute Gasteiger partial charge is 0.399 e. The number of rotatable bonds is 19. The van der Waals surface area contributed by atoms with E-state index in [2.05, 4.69) is 58.8 Å². The van der Waals surface area contributed by atoms with E-state index in [9.17, 15) is 70.3 Å². The first-order valence-electron chi connectivity index (χ1n) is 44.2. The van der Waals surface area contributed by atoms with Gasteiger partial charge < -0.3 is 64.6 Å². The standard InChI is InChI=1S/C27H19F5N4O2.C27H22F2N4O2.C27H23IN4O2.C26H22N4O2/c28-19-16(20(29)22(31)23(32)21(19)30)11-18(37)35-27-25(26(38)12-4-2-1-3-5-12)36-24-15-8-7-14(33)10-13(15)6-9-17(24)34-27;28-20-10-6-15(12-21(20)29)13-23(34)32-27-25(26(35)16-4-2-1-3-5-16)33-24-19-9-8-18(30)14-17(19)7-11-22(24)31-27;28-19-9-6-16(7-10-19)14-23(33)31-27-25(26(34)17-4-2-1-3-5-17)32-24-21-12-11-20(29)15-18(21)8-13-22(24)30-27;27-19-12-13-20-18(15-19)11-14-21-22(20)29-23(24(31)16-7-3-1-4-8-16)25(28-21)30-26(32)17-9-5-2-6-10-17/h1-5,7-8,10,26,38H,6,9,11,33H2,(H,34,35,37);1-6,8-10,12,14,26,35H,7,11,13,30H2,(H,31,32,34);1-7,9-12,15,26,34H,8,13-14,29H2,(H,30,31,33);1-10,12-13,15,24,31H,11,14,27H2,(H,28,30,32). The number of nitrogens with two attached hydrogens (primary N) is 4. The monoisotopic (exact) mass is 1980 g/mol. The molecule has 4 aliphatic carbocycles. The maximum absolute atomic E-state index is 14.1. The van der Waals surface area contributed by atoms with Crippen molar-refractivity contribution in [3.05, 3.63) is 424 Å². The highest BCUT2D eigenvalue weighted by atomic mass is 127. The van der Waals surface area contributed by atoms with Crippen LogP contribution in [0, 0.1) is 44.3 Å². The smallest absolute Gasteiger partial charge is 0.256 e. The molecule has 4 heterocycles. The number of aliphatic hydroxyl groups is 4. The van der Waals surface area contributed by atoms with Crippen LogP contribution in [-0.2, 0) is 85.0 Å². The molecule has 16 N–H and O–H groups in total. The van der Waals surface area contributed by atoms with Crippen molar-refractivity contribution in [1.82, 2.24) is 39.9 Å². The quantitative estimate of drug-likeness (QED) is 0.0118. The molecule has 0 saturated carbocycles. The van der Waals surface area contributed by atoms with E-state index in [0.717, 1.165) is 95.7 Å². The van der Waals surface area contributed by atoms with Gasteiger partial charge in [-0.25, -0.2) is 70.6 Å². The summed E-state index contributed by atoms with van der Waals surface area (Å²) >= 11 is 2.23. The molecule has 16 aromatic rings. The Labute approximate surface area is 805 Å². The van der Waals surface area contributed by atoms with Crippen LogP contribution in [0.25, 0.3) is 45.0 Å². The third kappa shape index (κ3) is 21.4. The van der Waals surface area contributed by atoms with Crippen molar-refractivity contribution < 1.29 is 70.3 Å². The van der Waals surface area contributed by atoms with Crippen molar-refractivity contribution in [3.63, 3.8) is 0 Å². The van der Waals surface area contributed by atoms with Crippen LogP contribution in [0.3, 0.4) is 0 Å². The maximum Gasteiger partial charge on any atom is 0.256 e. The van der Waals surface area contributed by atoms with E-state index in [1.165, 1.54) is 6.07 Å². The Bertz CT molecular complexity index is 7370. The Kier molecular flexibility index (Phi) is 28.5. The molecule has 4 amide bonds. The summed E-state index contributed by atoms with van der Waals surface area (Å²) in [5.74, 6) is -14.5. The molecule has 139 heavy (non-hydrogen) atoms. The van der Waals surface area contributed by atoms with Gasteiger partial charge in [0, 0.05) is 59.7 Å². The molecule has 20 rings (SSSR count). The second-order valence-electron chi connectivity index (χ2n) is 33.3. The van der Waals surface area contributed by atoms with Crippen molar-refractivity contribution >= 4 is 92.2 Å². The summed E-state index contributed by atoms with van der Waals surface area (Å²) in [6, 6.07) is 78.2. The molecule has 4 unspecified atom stereocenters. The number of fused-ring (bicyclic) bond motifs is 12. The summed E-state index contributed by atoms with van der Waals surface area (Å²) in [5.41, 5.74) is 43.0. The van der Waals surface area contributed by atoms with Crippen molar-refractivity contribution in [2.24, 2.45) is 0 Å². The van der Waals surface area contributed by atoms with Crippen LogP contribution in [0.15, 0.2) is 267 Å². The number of hydrogen-bond acceptors (Lipinski definition) is 20. The summed E-state index contributed by atoms with van der Waals surface area (Å²) in [7, 11) is 0. The molecule has 0 radical (unpaired) electrons. The Morgan fingerprint density at radius 1 is 0.302 bits per heavy atom. The summed E-state index contributed by atoms with van der Waals surface area (Å²) in [6.45, 7) is 0. The normalized spacial score (nSPS) is 13.0. The summed E-state index contributed by atoms with van der Waals surface area (Å²) in [6.07, 6.45) is -0.525. The van der Waals surface area contributed by atoms with E-state index in [0.29, 0.717) is 140 Å². The molecule has 32 heteroatoms. The number of halogens is 8. The zero-order chi connectivity index (χ0) is 97.4. The number of nitrogens with one attached hydrogen (secondary N) is 4. The molecule has 0 fully saturated rings. The fourth-order valence-corrected chi connectivity index (χ4v) is 17.3. The highest BCUT2D eigenvalue weighted by Crippen LogP contribution is 2.43. The van der Waals surface area contributed by atoms with Gasteiger partial charge in [0.2, 0.25) is 23.5 Å². The molecule has 4 aliphatic rings. The van der Waals surface area contributed by atoms with Crippen LogP contribution in [0.4, 0.5) is 76.8 Å². The van der Waals surface area contributed by atoms with E-state index in [1.54, 1.807) is 97.1 Å². The van der Waals surface area contributed by atoms with Crippen molar-refractivity contribution in [3.8, 4) is 45.0 Å². The Morgan fingerprint density at radius 2 is 0.583 bits per heavy atom. The predicted octanol–water partition coefficient (Wildman–Crippen LogP) is 18.0. The third-order valence-corrected chi connectivity index (χ3v) is 24.6. The first-order chi connectivity index (χ1) is 67.1. The van der Waals surface area contributed by atoms with Crippen LogP contribution < -0.4 is 44.2 Å². The van der Waals surface area contributed by atoms with Crippen molar-refractivity contribution in [1.29, 1.82) is 0 Å². The maximum atomic E-state index is 14.1. The number of nitrogen functional groups attached to an aromatic ring is 4. The van der Waals surface area contributed by atoms with Crippen LogP contribution in [-0.4, -0.2) is 83.9 Å². The van der Waals surface area contributed by atoms with E-state index in [1.807, 2.05) is 152 Å². The first kappa shape index (κ1) is 94.9. The lowest BCUT2D eigenvalue weighted by atomic mass is 9.91. The number of hydrogen-bond donors (Lipinski definition) is 12. The molecule has 0 aliphatic heterocycles. The van der Waals surface area contributed by atoms with E-state index in [-0.39, 0.29) is 53.5 Å². The number of anilines is 8. The fraction of sp³-hybridized carbons (Fsp3) is 0.140. The van der Waals surface area contributed by atoms with Crippen LogP contribution in [0.5, 0.6) is 0 Å². The Morgan fingerprint density at radius 3 is 0.899 bits per heavy atom. The van der Waals surface area contributed by atoms with Gasteiger partial charge in [-0.15, -0.1) is 0 Å². The molecule has 0 bridgehead atoms. The zero-order valence-corrected chi connectivity index (χ0v) is 76.0. The van der Waals surface area contributed by atoms with E-state index in [4.69, 9.17) is 47.9 Å². The molecule has 12 aromatic carbocycles. The SMILES string of the molecule is Nc1ccc2c(c1)CCc1nc(NC(=O)Cc3c(F)c(F)c(F)c(F)c3F)c(C(O)c3ccccc3)nc1-2.Nc1ccc2c(c1)CCc1nc(NC(=O)Cc3ccc(F)c(F)c3)c(C(O)c3ccccc3)nc1-2.Nc1ccc2c(c1)CCc1nc(NC(=O)Cc3ccc(I)cc3)c(C(O)c3ccccc3)nc1-2.Nc1ccc2c(c1)CCc1nc(NC(=O)c3ccccc3)c(C(O)c3ccccc3)nc1-2. The van der Waals surface area contributed by atoms with Gasteiger partial charge in [0.05, 0.1) is 64.8 Å². The van der Waals surface area contributed by atoms with E-state index < -0.39 is 88.9 Å². The molecule has 698 valence electrons. The number of aromatic nitrogens is 8. The van der Waals surface area contributed by atoms with Crippen LogP contribution >= 0.6 is 22.6 Å². The predicted molar refractivity (Wildman–Crippen MR) is 522 cm³/mol. The van der Waals surface area contributed by atoms with Crippen molar-refractivity contribution in [2.45, 2.75) is 95.0 Å². The van der Waals surface area contributed by atoms with Gasteiger partial charge >= 0.3 is 0 Å². The molecular weight excluding hydrogens is 1900 g/mol.